The van der Waals surface area contributed by atoms with Crippen LogP contribution in [0.1, 0.15) is 55.7 Å². The second-order valence-corrected chi connectivity index (χ2v) is 6.01. The van der Waals surface area contributed by atoms with Crippen molar-refractivity contribution < 1.29 is 18.3 Å². The molecular formula is C16H21F3O. The van der Waals surface area contributed by atoms with E-state index in [-0.39, 0.29) is 5.92 Å². The van der Waals surface area contributed by atoms with Crippen LogP contribution in [-0.4, -0.2) is 5.11 Å². The SMILES string of the molecule is Cc1cc(C(F)(F)F)ccc1C(C)(O)C1CCCCC1. The van der Waals surface area contributed by atoms with Crippen LogP contribution in [0.25, 0.3) is 0 Å². The van der Waals surface area contributed by atoms with E-state index in [0.29, 0.717) is 11.1 Å². The van der Waals surface area contributed by atoms with Crippen LogP contribution < -0.4 is 0 Å². The van der Waals surface area contributed by atoms with E-state index in [1.54, 1.807) is 13.8 Å². The van der Waals surface area contributed by atoms with Crippen molar-refractivity contribution in [1.29, 1.82) is 0 Å². The lowest BCUT2D eigenvalue weighted by atomic mass is 9.73. The largest absolute Gasteiger partial charge is 0.416 e. The molecule has 1 aliphatic carbocycles. The molecule has 1 N–H and O–H groups in total. The first-order valence-corrected chi connectivity index (χ1v) is 7.13. The molecule has 1 atom stereocenters. The molecule has 0 radical (unpaired) electrons. The average molecular weight is 286 g/mol. The lowest BCUT2D eigenvalue weighted by Crippen LogP contribution is -2.34. The lowest BCUT2D eigenvalue weighted by Gasteiger charge is -2.37. The van der Waals surface area contributed by atoms with Gasteiger partial charge in [-0.3, -0.25) is 0 Å². The summed E-state index contributed by atoms with van der Waals surface area (Å²) < 4.78 is 38.1. The number of hydrogen-bond donors (Lipinski definition) is 1. The van der Waals surface area contributed by atoms with E-state index >= 15 is 0 Å². The summed E-state index contributed by atoms with van der Waals surface area (Å²) in [4.78, 5) is 0. The average Bonchev–Trinajstić information content (AvgIpc) is 2.38. The molecule has 1 aromatic rings. The van der Waals surface area contributed by atoms with E-state index in [1.165, 1.54) is 12.5 Å². The molecule has 0 saturated heterocycles. The quantitative estimate of drug-likeness (QED) is 0.827. The Bertz CT molecular complexity index is 471. The fourth-order valence-corrected chi connectivity index (χ4v) is 3.29. The highest BCUT2D eigenvalue weighted by atomic mass is 19.4. The van der Waals surface area contributed by atoms with Crippen LogP contribution in [0.15, 0.2) is 18.2 Å². The van der Waals surface area contributed by atoms with Crippen LogP contribution in [0, 0.1) is 12.8 Å². The third kappa shape index (κ3) is 3.00. The van der Waals surface area contributed by atoms with Crippen molar-refractivity contribution >= 4 is 0 Å². The van der Waals surface area contributed by atoms with Crippen LogP contribution in [0.4, 0.5) is 13.2 Å². The summed E-state index contributed by atoms with van der Waals surface area (Å²) in [7, 11) is 0. The van der Waals surface area contributed by atoms with E-state index in [1.807, 2.05) is 0 Å². The molecule has 1 saturated carbocycles. The first-order valence-electron chi connectivity index (χ1n) is 7.13. The van der Waals surface area contributed by atoms with Crippen molar-refractivity contribution in [3.63, 3.8) is 0 Å². The number of halogens is 3. The number of aryl methyl sites for hydroxylation is 1. The predicted molar refractivity (Wildman–Crippen MR) is 72.3 cm³/mol. The van der Waals surface area contributed by atoms with Gasteiger partial charge in [0.15, 0.2) is 0 Å². The predicted octanol–water partition coefficient (Wildman–Crippen LogP) is 4.80. The Morgan fingerprint density at radius 2 is 1.70 bits per heavy atom. The summed E-state index contributed by atoms with van der Waals surface area (Å²) in [5.41, 5.74) is -0.569. The molecule has 112 valence electrons. The van der Waals surface area contributed by atoms with Gasteiger partial charge < -0.3 is 5.11 Å². The summed E-state index contributed by atoms with van der Waals surface area (Å²) in [6.45, 7) is 3.38. The van der Waals surface area contributed by atoms with Crippen LogP contribution in [0.3, 0.4) is 0 Å². The maximum Gasteiger partial charge on any atom is 0.416 e. The molecular weight excluding hydrogens is 265 g/mol. The Morgan fingerprint density at radius 3 is 2.20 bits per heavy atom. The molecule has 0 aliphatic heterocycles. The fraction of sp³-hybridized carbons (Fsp3) is 0.625. The van der Waals surface area contributed by atoms with Gasteiger partial charge in [0.25, 0.3) is 0 Å². The second-order valence-electron chi connectivity index (χ2n) is 6.01. The monoisotopic (exact) mass is 286 g/mol. The molecule has 1 fully saturated rings. The molecule has 1 unspecified atom stereocenters. The molecule has 0 aromatic heterocycles. The number of rotatable bonds is 2. The minimum absolute atomic E-state index is 0.131. The molecule has 0 bridgehead atoms. The van der Waals surface area contributed by atoms with Crippen molar-refractivity contribution in [2.24, 2.45) is 5.92 Å². The molecule has 1 nitrogen and oxygen atoms in total. The van der Waals surface area contributed by atoms with Gasteiger partial charge in [0.05, 0.1) is 11.2 Å². The Morgan fingerprint density at radius 1 is 1.10 bits per heavy atom. The van der Waals surface area contributed by atoms with Gasteiger partial charge in [-0.1, -0.05) is 25.3 Å². The lowest BCUT2D eigenvalue weighted by molar-refractivity contribution is -0.137. The highest BCUT2D eigenvalue weighted by Gasteiger charge is 2.37. The topological polar surface area (TPSA) is 20.2 Å². The maximum atomic E-state index is 12.7. The van der Waals surface area contributed by atoms with Gasteiger partial charge in [-0.15, -0.1) is 0 Å². The van der Waals surface area contributed by atoms with E-state index in [0.717, 1.165) is 37.8 Å². The molecule has 20 heavy (non-hydrogen) atoms. The van der Waals surface area contributed by atoms with E-state index in [9.17, 15) is 18.3 Å². The zero-order chi connectivity index (χ0) is 15.0. The number of benzene rings is 1. The Balaban J connectivity index is 2.32. The Labute approximate surface area is 117 Å². The van der Waals surface area contributed by atoms with Crippen molar-refractivity contribution in [2.75, 3.05) is 0 Å². The standard InChI is InChI=1S/C16H21F3O/c1-11-10-13(16(17,18)19)8-9-14(11)15(2,20)12-6-4-3-5-7-12/h8-10,12,20H,3-7H2,1-2H3. The normalized spacial score (nSPS) is 20.7. The number of aliphatic hydroxyl groups is 1. The number of hydrogen-bond acceptors (Lipinski definition) is 1. The van der Waals surface area contributed by atoms with Gasteiger partial charge in [0.1, 0.15) is 0 Å². The molecule has 1 aliphatic rings. The highest BCUT2D eigenvalue weighted by molar-refractivity contribution is 5.36. The number of alkyl halides is 3. The van der Waals surface area contributed by atoms with Gasteiger partial charge >= 0.3 is 6.18 Å². The van der Waals surface area contributed by atoms with Crippen molar-refractivity contribution in [3.8, 4) is 0 Å². The second kappa shape index (κ2) is 5.40. The molecule has 0 heterocycles. The summed E-state index contributed by atoms with van der Waals surface area (Å²) in [6, 6.07) is 3.64. The summed E-state index contributed by atoms with van der Waals surface area (Å²) >= 11 is 0. The first kappa shape index (κ1) is 15.4. The van der Waals surface area contributed by atoms with E-state index < -0.39 is 17.3 Å². The third-order valence-electron chi connectivity index (χ3n) is 4.50. The molecule has 2 rings (SSSR count). The fourth-order valence-electron chi connectivity index (χ4n) is 3.29. The van der Waals surface area contributed by atoms with Crippen LogP contribution in [0.5, 0.6) is 0 Å². The Kier molecular flexibility index (Phi) is 4.14. The third-order valence-corrected chi connectivity index (χ3v) is 4.50. The Hall–Kier alpha value is -1.03. The van der Waals surface area contributed by atoms with Gasteiger partial charge in [0, 0.05) is 0 Å². The van der Waals surface area contributed by atoms with Gasteiger partial charge in [-0.25, -0.2) is 0 Å². The van der Waals surface area contributed by atoms with Crippen molar-refractivity contribution in [1.82, 2.24) is 0 Å². The van der Waals surface area contributed by atoms with Gasteiger partial charge in [-0.2, -0.15) is 13.2 Å². The summed E-state index contributed by atoms with van der Waals surface area (Å²) in [6.07, 6.45) is 0.889. The summed E-state index contributed by atoms with van der Waals surface area (Å²) in [5.74, 6) is 0.131. The van der Waals surface area contributed by atoms with E-state index in [2.05, 4.69) is 0 Å². The molecule has 0 amide bonds. The van der Waals surface area contributed by atoms with Crippen LogP contribution >= 0.6 is 0 Å². The highest BCUT2D eigenvalue weighted by Crippen LogP contribution is 2.41. The smallest absolute Gasteiger partial charge is 0.385 e. The molecule has 4 heteroatoms. The minimum Gasteiger partial charge on any atom is -0.385 e. The minimum atomic E-state index is -4.33. The molecule has 1 aromatic carbocycles. The van der Waals surface area contributed by atoms with Gasteiger partial charge in [0.2, 0.25) is 0 Å². The zero-order valence-corrected chi connectivity index (χ0v) is 11.9. The van der Waals surface area contributed by atoms with Crippen LogP contribution in [-0.2, 0) is 11.8 Å². The summed E-state index contributed by atoms with van der Waals surface area (Å²) in [5, 5.41) is 10.8. The van der Waals surface area contributed by atoms with Crippen LogP contribution in [0.2, 0.25) is 0 Å². The van der Waals surface area contributed by atoms with E-state index in [4.69, 9.17) is 0 Å². The first-order chi connectivity index (χ1) is 9.23. The zero-order valence-electron chi connectivity index (χ0n) is 11.9. The van der Waals surface area contributed by atoms with Crippen molar-refractivity contribution in [3.05, 3.63) is 34.9 Å². The van der Waals surface area contributed by atoms with Gasteiger partial charge in [-0.05, 0) is 55.9 Å². The molecule has 0 spiro atoms. The van der Waals surface area contributed by atoms with Crippen molar-refractivity contribution in [2.45, 2.75) is 57.7 Å². The maximum absolute atomic E-state index is 12.7.